The Kier molecular flexibility index (Phi) is 4.25. The van der Waals surface area contributed by atoms with E-state index in [4.69, 9.17) is 17.3 Å². The van der Waals surface area contributed by atoms with Crippen LogP contribution in [0.4, 0.5) is 5.82 Å². The summed E-state index contributed by atoms with van der Waals surface area (Å²) in [4.78, 5) is 17.8. The molecule has 0 saturated heterocycles. The van der Waals surface area contributed by atoms with E-state index in [1.54, 1.807) is 11.9 Å². The van der Waals surface area contributed by atoms with Gasteiger partial charge in [0.1, 0.15) is 11.0 Å². The van der Waals surface area contributed by atoms with Crippen molar-refractivity contribution in [3.63, 3.8) is 0 Å². The lowest BCUT2D eigenvalue weighted by Crippen LogP contribution is -2.26. The van der Waals surface area contributed by atoms with Crippen molar-refractivity contribution in [2.45, 2.75) is 13.5 Å². The molecule has 1 aromatic carbocycles. The van der Waals surface area contributed by atoms with E-state index in [9.17, 15) is 4.79 Å². The van der Waals surface area contributed by atoms with Crippen LogP contribution in [0.3, 0.4) is 0 Å². The topological polar surface area (TPSA) is 59.2 Å². The third kappa shape index (κ3) is 3.48. The lowest BCUT2D eigenvalue weighted by molar-refractivity contribution is 0.0785. The van der Waals surface area contributed by atoms with Crippen molar-refractivity contribution >= 4 is 23.3 Å². The van der Waals surface area contributed by atoms with Crippen LogP contribution >= 0.6 is 11.6 Å². The summed E-state index contributed by atoms with van der Waals surface area (Å²) in [5.41, 5.74) is 8.29. The summed E-state index contributed by atoms with van der Waals surface area (Å²) in [6, 6.07) is 11.1. The summed E-state index contributed by atoms with van der Waals surface area (Å²) in [5.74, 6) is 0.104. The van der Waals surface area contributed by atoms with E-state index in [0.717, 1.165) is 5.56 Å². The Labute approximate surface area is 123 Å². The molecule has 0 fully saturated rings. The minimum absolute atomic E-state index is 0.137. The van der Waals surface area contributed by atoms with E-state index in [0.29, 0.717) is 12.1 Å². The predicted octanol–water partition coefficient (Wildman–Crippen LogP) is 2.90. The lowest BCUT2D eigenvalue weighted by atomic mass is 10.1. The third-order valence-electron chi connectivity index (χ3n) is 2.91. The molecule has 0 atom stereocenters. The first-order chi connectivity index (χ1) is 9.45. The second-order valence-electron chi connectivity index (χ2n) is 4.75. The van der Waals surface area contributed by atoms with Crippen LogP contribution in [0.1, 0.15) is 21.5 Å². The fourth-order valence-corrected chi connectivity index (χ4v) is 2.23. The van der Waals surface area contributed by atoms with Crippen LogP contribution < -0.4 is 5.73 Å². The SMILES string of the molecule is Cc1cccc(CN(C)C(=O)c2cc(N)nc(Cl)c2)c1. The molecule has 4 nitrogen and oxygen atoms in total. The highest BCUT2D eigenvalue weighted by molar-refractivity contribution is 6.29. The maximum atomic E-state index is 12.3. The molecule has 0 bridgehead atoms. The maximum Gasteiger partial charge on any atom is 0.254 e. The number of aryl methyl sites for hydroxylation is 1. The zero-order valence-electron chi connectivity index (χ0n) is 11.4. The minimum atomic E-state index is -0.137. The highest BCUT2D eigenvalue weighted by Gasteiger charge is 2.13. The van der Waals surface area contributed by atoms with Crippen LogP contribution in [0.25, 0.3) is 0 Å². The van der Waals surface area contributed by atoms with Gasteiger partial charge >= 0.3 is 0 Å². The molecule has 0 saturated carbocycles. The number of amides is 1. The maximum absolute atomic E-state index is 12.3. The van der Waals surface area contributed by atoms with Crippen molar-refractivity contribution in [1.82, 2.24) is 9.88 Å². The minimum Gasteiger partial charge on any atom is -0.384 e. The van der Waals surface area contributed by atoms with E-state index in [1.165, 1.54) is 17.7 Å². The number of hydrogen-bond acceptors (Lipinski definition) is 3. The second kappa shape index (κ2) is 5.92. The molecule has 0 radical (unpaired) electrons. The molecule has 2 aromatic rings. The van der Waals surface area contributed by atoms with Crippen molar-refractivity contribution < 1.29 is 4.79 Å². The van der Waals surface area contributed by atoms with E-state index < -0.39 is 0 Å². The molecule has 20 heavy (non-hydrogen) atoms. The second-order valence-corrected chi connectivity index (χ2v) is 5.14. The summed E-state index contributed by atoms with van der Waals surface area (Å²) < 4.78 is 0. The fourth-order valence-electron chi connectivity index (χ4n) is 2.02. The molecule has 0 aliphatic rings. The van der Waals surface area contributed by atoms with Crippen molar-refractivity contribution in [2.75, 3.05) is 12.8 Å². The smallest absolute Gasteiger partial charge is 0.254 e. The number of carbonyl (C=O) groups is 1. The monoisotopic (exact) mass is 289 g/mol. The van der Waals surface area contributed by atoms with Crippen LogP contribution in [0.2, 0.25) is 5.15 Å². The summed E-state index contributed by atoms with van der Waals surface area (Å²) >= 11 is 5.82. The first kappa shape index (κ1) is 14.3. The Morgan fingerprint density at radius 3 is 2.75 bits per heavy atom. The van der Waals surface area contributed by atoms with Gasteiger partial charge in [-0.05, 0) is 24.6 Å². The van der Waals surface area contributed by atoms with E-state index in [2.05, 4.69) is 11.1 Å². The Morgan fingerprint density at radius 2 is 2.10 bits per heavy atom. The van der Waals surface area contributed by atoms with Crippen molar-refractivity contribution in [3.8, 4) is 0 Å². The summed E-state index contributed by atoms with van der Waals surface area (Å²) in [6.07, 6.45) is 0. The van der Waals surface area contributed by atoms with Gasteiger partial charge in [0.15, 0.2) is 0 Å². The number of halogens is 1. The number of pyridine rings is 1. The van der Waals surface area contributed by atoms with Gasteiger partial charge in [-0.1, -0.05) is 41.4 Å². The first-order valence-electron chi connectivity index (χ1n) is 6.20. The fraction of sp³-hybridized carbons (Fsp3) is 0.200. The number of nitrogen functional groups attached to an aromatic ring is 1. The van der Waals surface area contributed by atoms with Gasteiger partial charge in [-0.15, -0.1) is 0 Å². The number of anilines is 1. The number of aromatic nitrogens is 1. The molecular formula is C15H16ClN3O. The van der Waals surface area contributed by atoms with Gasteiger partial charge in [0.05, 0.1) is 0 Å². The van der Waals surface area contributed by atoms with Gasteiger partial charge in [-0.25, -0.2) is 4.98 Å². The van der Waals surface area contributed by atoms with Crippen LogP contribution in [-0.2, 0) is 6.54 Å². The number of nitrogens with two attached hydrogens (primary N) is 1. The van der Waals surface area contributed by atoms with E-state index in [1.807, 2.05) is 25.1 Å². The number of carbonyl (C=O) groups excluding carboxylic acids is 1. The highest BCUT2D eigenvalue weighted by Crippen LogP contribution is 2.15. The summed E-state index contributed by atoms with van der Waals surface area (Å²) in [7, 11) is 1.75. The predicted molar refractivity (Wildman–Crippen MR) is 80.6 cm³/mol. The van der Waals surface area contributed by atoms with Gasteiger partial charge in [0.25, 0.3) is 5.91 Å². The Bertz CT molecular complexity index is 623. The molecule has 104 valence electrons. The number of rotatable bonds is 3. The van der Waals surface area contributed by atoms with Crippen LogP contribution in [0.15, 0.2) is 36.4 Å². The molecule has 5 heteroatoms. The Balaban J connectivity index is 2.16. The number of hydrogen-bond donors (Lipinski definition) is 1. The molecule has 1 amide bonds. The Morgan fingerprint density at radius 1 is 1.35 bits per heavy atom. The number of nitrogens with zero attached hydrogens (tertiary/aromatic N) is 2. The van der Waals surface area contributed by atoms with Crippen molar-refractivity contribution in [1.29, 1.82) is 0 Å². The molecule has 0 unspecified atom stereocenters. The standard InChI is InChI=1S/C15H16ClN3O/c1-10-4-3-5-11(6-10)9-19(2)15(20)12-7-13(16)18-14(17)8-12/h3-8H,9H2,1-2H3,(H2,17,18). The lowest BCUT2D eigenvalue weighted by Gasteiger charge is -2.18. The molecule has 2 N–H and O–H groups in total. The van der Waals surface area contributed by atoms with Gasteiger partial charge in [0.2, 0.25) is 0 Å². The molecule has 2 rings (SSSR count). The quantitative estimate of drug-likeness (QED) is 0.884. The molecule has 1 heterocycles. The average molecular weight is 290 g/mol. The summed E-state index contributed by atoms with van der Waals surface area (Å²) in [5, 5.41) is 0.220. The van der Waals surface area contributed by atoms with Gasteiger partial charge in [0, 0.05) is 19.2 Å². The molecule has 0 aliphatic carbocycles. The normalized spacial score (nSPS) is 10.3. The summed E-state index contributed by atoms with van der Waals surface area (Å²) in [6.45, 7) is 2.55. The van der Waals surface area contributed by atoms with Crippen LogP contribution in [0.5, 0.6) is 0 Å². The molecular weight excluding hydrogens is 274 g/mol. The number of benzene rings is 1. The van der Waals surface area contributed by atoms with Gasteiger partial charge in [-0.3, -0.25) is 4.79 Å². The van der Waals surface area contributed by atoms with Crippen LogP contribution in [0, 0.1) is 6.92 Å². The first-order valence-corrected chi connectivity index (χ1v) is 6.57. The van der Waals surface area contributed by atoms with Crippen LogP contribution in [-0.4, -0.2) is 22.8 Å². The van der Waals surface area contributed by atoms with Gasteiger partial charge in [-0.2, -0.15) is 0 Å². The molecule has 0 spiro atoms. The average Bonchev–Trinajstić information content (AvgIpc) is 2.36. The van der Waals surface area contributed by atoms with Crippen molar-refractivity contribution in [3.05, 3.63) is 58.2 Å². The van der Waals surface area contributed by atoms with Gasteiger partial charge < -0.3 is 10.6 Å². The Hall–Kier alpha value is -2.07. The highest BCUT2D eigenvalue weighted by atomic mass is 35.5. The largest absolute Gasteiger partial charge is 0.384 e. The van der Waals surface area contributed by atoms with E-state index in [-0.39, 0.29) is 16.9 Å². The van der Waals surface area contributed by atoms with E-state index >= 15 is 0 Å². The molecule has 0 aliphatic heterocycles. The zero-order chi connectivity index (χ0) is 14.7. The molecule has 1 aromatic heterocycles. The van der Waals surface area contributed by atoms with Crippen molar-refractivity contribution in [2.24, 2.45) is 0 Å². The third-order valence-corrected chi connectivity index (χ3v) is 3.10. The zero-order valence-corrected chi connectivity index (χ0v) is 12.2.